The third-order valence-corrected chi connectivity index (χ3v) is 3.58. The van der Waals surface area contributed by atoms with Crippen molar-refractivity contribution < 1.29 is 31.1 Å². The summed E-state index contributed by atoms with van der Waals surface area (Å²) >= 11 is 0. The van der Waals surface area contributed by atoms with Gasteiger partial charge in [-0.25, -0.2) is 0 Å². The second-order valence-corrected chi connectivity index (χ2v) is 5.00. The number of benzene rings is 1. The van der Waals surface area contributed by atoms with Gasteiger partial charge in [-0.05, 0) is 11.6 Å². The van der Waals surface area contributed by atoms with Crippen LogP contribution in [-0.2, 0) is 17.5 Å². The summed E-state index contributed by atoms with van der Waals surface area (Å²) in [5.74, 6) is 0. The number of hydrogen-bond acceptors (Lipinski definition) is 2. The average Bonchev–Trinajstić information content (AvgIpc) is 2.30. The summed E-state index contributed by atoms with van der Waals surface area (Å²) in [5, 5.41) is 0. The molecule has 2 rings (SSSR count). The molecule has 1 aliphatic heterocycles. The Hall–Kier alpha value is -1.28. The zero-order valence-corrected chi connectivity index (χ0v) is 11.1. The maximum atomic E-state index is 12.8. The molecule has 0 aromatic heterocycles. The number of ether oxygens (including phenoxy) is 1. The molecule has 1 aliphatic rings. The molecule has 0 amide bonds. The molecule has 1 fully saturated rings. The summed E-state index contributed by atoms with van der Waals surface area (Å²) in [6.07, 6.45) is -9.06. The van der Waals surface area contributed by atoms with Gasteiger partial charge in [-0.3, -0.25) is 4.90 Å². The highest BCUT2D eigenvalue weighted by atomic mass is 19.4. The van der Waals surface area contributed by atoms with Crippen molar-refractivity contribution in [2.75, 3.05) is 20.2 Å². The number of alkyl halides is 6. The van der Waals surface area contributed by atoms with Gasteiger partial charge in [0.15, 0.2) is 5.60 Å². The molecule has 1 heterocycles. The maximum Gasteiger partial charge on any atom is 0.419 e. The molecule has 2 nitrogen and oxygen atoms in total. The highest BCUT2D eigenvalue weighted by Crippen LogP contribution is 2.41. The van der Waals surface area contributed by atoms with Crippen LogP contribution in [0.5, 0.6) is 0 Å². The summed E-state index contributed by atoms with van der Waals surface area (Å²) in [7, 11) is 0.953. The van der Waals surface area contributed by atoms with Gasteiger partial charge in [0.2, 0.25) is 0 Å². The fourth-order valence-corrected chi connectivity index (χ4v) is 2.39. The van der Waals surface area contributed by atoms with Crippen LogP contribution in [0, 0.1) is 0 Å². The number of rotatable bonds is 3. The van der Waals surface area contributed by atoms with Crippen LogP contribution in [0.2, 0.25) is 0 Å². The van der Waals surface area contributed by atoms with E-state index >= 15 is 0 Å². The molecule has 0 spiro atoms. The lowest BCUT2D eigenvalue weighted by Crippen LogP contribution is -2.69. The highest BCUT2D eigenvalue weighted by molar-refractivity contribution is 5.30. The molecular weight excluding hydrogens is 300 g/mol. The lowest BCUT2D eigenvalue weighted by molar-refractivity contribution is -0.312. The minimum Gasteiger partial charge on any atom is -0.366 e. The van der Waals surface area contributed by atoms with Crippen LogP contribution in [0.4, 0.5) is 26.3 Å². The molecule has 0 aliphatic carbocycles. The summed E-state index contributed by atoms with van der Waals surface area (Å²) in [6, 6.07) is 4.86. The Balaban J connectivity index is 2.10. The molecule has 21 heavy (non-hydrogen) atoms. The Labute approximate surface area is 117 Å². The first-order valence-electron chi connectivity index (χ1n) is 6.08. The SMILES string of the molecule is COC1(C(F)(F)F)CN(Cc2ccccc2C(F)(F)F)C1. The fourth-order valence-electron chi connectivity index (χ4n) is 2.39. The van der Waals surface area contributed by atoms with E-state index in [4.69, 9.17) is 0 Å². The van der Waals surface area contributed by atoms with Crippen molar-refractivity contribution in [3.63, 3.8) is 0 Å². The van der Waals surface area contributed by atoms with E-state index in [0.717, 1.165) is 13.2 Å². The molecule has 0 saturated carbocycles. The van der Waals surface area contributed by atoms with Gasteiger partial charge in [-0.2, -0.15) is 26.3 Å². The van der Waals surface area contributed by atoms with Gasteiger partial charge in [0.1, 0.15) is 0 Å². The van der Waals surface area contributed by atoms with Crippen molar-refractivity contribution in [3.8, 4) is 0 Å². The smallest absolute Gasteiger partial charge is 0.366 e. The Kier molecular flexibility index (Phi) is 3.96. The van der Waals surface area contributed by atoms with Crippen LogP contribution in [0.3, 0.4) is 0 Å². The van der Waals surface area contributed by atoms with Gasteiger partial charge in [-0.1, -0.05) is 18.2 Å². The Morgan fingerprint density at radius 2 is 1.67 bits per heavy atom. The maximum absolute atomic E-state index is 12.8. The third-order valence-electron chi connectivity index (χ3n) is 3.58. The predicted octanol–water partition coefficient (Wildman–Crippen LogP) is 3.47. The zero-order chi connectivity index (χ0) is 15.9. The first-order chi connectivity index (χ1) is 9.59. The first-order valence-corrected chi connectivity index (χ1v) is 6.08. The van der Waals surface area contributed by atoms with Crippen molar-refractivity contribution in [2.24, 2.45) is 0 Å². The van der Waals surface area contributed by atoms with Gasteiger partial charge in [-0.15, -0.1) is 0 Å². The van der Waals surface area contributed by atoms with Crippen molar-refractivity contribution in [2.45, 2.75) is 24.5 Å². The van der Waals surface area contributed by atoms with E-state index < -0.39 is 36.6 Å². The van der Waals surface area contributed by atoms with Gasteiger partial charge >= 0.3 is 12.4 Å². The van der Waals surface area contributed by atoms with Crippen molar-refractivity contribution in [1.82, 2.24) is 4.90 Å². The number of hydrogen-bond donors (Lipinski definition) is 0. The van der Waals surface area contributed by atoms with Crippen LogP contribution < -0.4 is 0 Å². The number of likely N-dealkylation sites (tertiary alicyclic amines) is 1. The lowest BCUT2D eigenvalue weighted by atomic mass is 9.92. The van der Waals surface area contributed by atoms with Gasteiger partial charge in [0.25, 0.3) is 0 Å². The van der Waals surface area contributed by atoms with Crippen LogP contribution >= 0.6 is 0 Å². The van der Waals surface area contributed by atoms with E-state index in [1.54, 1.807) is 0 Å². The number of halogens is 6. The topological polar surface area (TPSA) is 12.5 Å². The Morgan fingerprint density at radius 3 is 2.14 bits per heavy atom. The second-order valence-electron chi connectivity index (χ2n) is 5.00. The quantitative estimate of drug-likeness (QED) is 0.792. The van der Waals surface area contributed by atoms with Gasteiger partial charge in [0.05, 0.1) is 5.56 Å². The van der Waals surface area contributed by atoms with Gasteiger partial charge < -0.3 is 4.74 Å². The summed E-state index contributed by atoms with van der Waals surface area (Å²) in [5.41, 5.74) is -3.15. The van der Waals surface area contributed by atoms with Gasteiger partial charge in [0, 0.05) is 26.7 Å². The van der Waals surface area contributed by atoms with E-state index in [2.05, 4.69) is 4.74 Å². The molecule has 0 unspecified atom stereocenters. The molecule has 0 atom stereocenters. The predicted molar refractivity (Wildman–Crippen MR) is 62.5 cm³/mol. The van der Waals surface area contributed by atoms with E-state index in [1.165, 1.54) is 23.1 Å². The molecule has 118 valence electrons. The Morgan fingerprint density at radius 1 is 1.10 bits per heavy atom. The Bertz CT molecular complexity index is 504. The normalized spacial score (nSPS) is 19.4. The largest absolute Gasteiger partial charge is 0.419 e. The minimum absolute atomic E-state index is 0.0446. The molecular formula is C13H13F6NO. The summed E-state index contributed by atoms with van der Waals surface area (Å²) < 4.78 is 81.3. The zero-order valence-electron chi connectivity index (χ0n) is 11.1. The monoisotopic (exact) mass is 313 g/mol. The van der Waals surface area contributed by atoms with Crippen LogP contribution in [0.25, 0.3) is 0 Å². The lowest BCUT2D eigenvalue weighted by Gasteiger charge is -2.49. The summed E-state index contributed by atoms with van der Waals surface area (Å²) in [6.45, 7) is -1.14. The minimum atomic E-state index is -4.54. The fraction of sp³-hybridized carbons (Fsp3) is 0.538. The standard InChI is InChI=1S/C13H13F6NO/c1-21-11(13(17,18)19)7-20(8-11)6-9-4-2-3-5-10(9)12(14,15)16/h2-5H,6-8H2,1H3. The second kappa shape index (κ2) is 5.17. The first kappa shape index (κ1) is 16.1. The van der Waals surface area contributed by atoms with Crippen molar-refractivity contribution >= 4 is 0 Å². The number of methoxy groups -OCH3 is 1. The molecule has 1 aromatic carbocycles. The summed E-state index contributed by atoms with van der Waals surface area (Å²) in [4.78, 5) is 1.28. The molecule has 1 aromatic rings. The van der Waals surface area contributed by atoms with E-state index in [9.17, 15) is 26.3 Å². The van der Waals surface area contributed by atoms with E-state index in [-0.39, 0.29) is 12.1 Å². The van der Waals surface area contributed by atoms with Crippen molar-refractivity contribution in [3.05, 3.63) is 35.4 Å². The molecule has 8 heteroatoms. The highest BCUT2D eigenvalue weighted by Gasteiger charge is 2.62. The molecule has 0 N–H and O–H groups in total. The third kappa shape index (κ3) is 3.01. The molecule has 0 radical (unpaired) electrons. The van der Waals surface area contributed by atoms with Crippen LogP contribution in [0.1, 0.15) is 11.1 Å². The molecule has 1 saturated heterocycles. The van der Waals surface area contributed by atoms with E-state index in [1.807, 2.05) is 0 Å². The average molecular weight is 313 g/mol. The van der Waals surface area contributed by atoms with E-state index in [0.29, 0.717) is 0 Å². The van der Waals surface area contributed by atoms with Crippen LogP contribution in [-0.4, -0.2) is 36.9 Å². The van der Waals surface area contributed by atoms with Crippen LogP contribution in [0.15, 0.2) is 24.3 Å². The molecule has 0 bridgehead atoms. The van der Waals surface area contributed by atoms with Crippen molar-refractivity contribution in [1.29, 1.82) is 0 Å². The number of nitrogens with zero attached hydrogens (tertiary/aromatic N) is 1.